The molecule has 1 aromatic carbocycles. The van der Waals surface area contributed by atoms with Crippen molar-refractivity contribution in [3.63, 3.8) is 0 Å². The molecule has 0 saturated carbocycles. The molecular formula is C19H23N5OS. The normalized spacial score (nSPS) is 12.6. The molecule has 3 aromatic rings. The lowest BCUT2D eigenvalue weighted by atomic mass is 9.86. The SMILES string of the molecule is Cn1cnc(-c2ccc(NC(=O)NC(c3cccs3)C(C)(C)C)cc2)n1. The van der Waals surface area contributed by atoms with E-state index in [1.165, 1.54) is 0 Å². The van der Waals surface area contributed by atoms with Crippen molar-refractivity contribution in [2.24, 2.45) is 12.5 Å². The molecule has 2 aromatic heterocycles. The lowest BCUT2D eigenvalue weighted by molar-refractivity contribution is 0.230. The Hall–Kier alpha value is -2.67. The van der Waals surface area contributed by atoms with Crippen LogP contribution in [-0.2, 0) is 7.05 Å². The smallest absolute Gasteiger partial charge is 0.319 e. The minimum absolute atomic E-state index is 0.0560. The van der Waals surface area contributed by atoms with Crippen LogP contribution < -0.4 is 10.6 Å². The summed E-state index contributed by atoms with van der Waals surface area (Å²) in [6.07, 6.45) is 1.66. The summed E-state index contributed by atoms with van der Waals surface area (Å²) in [7, 11) is 1.83. The number of nitrogens with one attached hydrogen (secondary N) is 2. The van der Waals surface area contributed by atoms with Gasteiger partial charge in [-0.15, -0.1) is 11.3 Å². The fourth-order valence-corrected chi connectivity index (χ4v) is 3.66. The molecule has 0 aliphatic rings. The molecule has 0 fully saturated rings. The summed E-state index contributed by atoms with van der Waals surface area (Å²) in [5, 5.41) is 12.3. The molecule has 0 aliphatic carbocycles. The van der Waals surface area contributed by atoms with Gasteiger partial charge in [0, 0.05) is 23.2 Å². The molecule has 1 atom stereocenters. The molecule has 136 valence electrons. The van der Waals surface area contributed by atoms with Gasteiger partial charge in [0.05, 0.1) is 6.04 Å². The van der Waals surface area contributed by atoms with Crippen LogP contribution in [0.5, 0.6) is 0 Å². The maximum absolute atomic E-state index is 12.5. The number of urea groups is 1. The van der Waals surface area contributed by atoms with Crippen LogP contribution in [0.4, 0.5) is 10.5 Å². The molecule has 2 amide bonds. The summed E-state index contributed by atoms with van der Waals surface area (Å²) in [6, 6.07) is 11.3. The average Bonchev–Trinajstić information content (AvgIpc) is 3.24. The molecule has 2 N–H and O–H groups in total. The molecule has 2 heterocycles. The van der Waals surface area contributed by atoms with Crippen LogP contribution in [0.2, 0.25) is 0 Å². The summed E-state index contributed by atoms with van der Waals surface area (Å²) in [5.41, 5.74) is 1.54. The number of amides is 2. The fraction of sp³-hybridized carbons (Fsp3) is 0.316. The van der Waals surface area contributed by atoms with Crippen LogP contribution in [0.3, 0.4) is 0 Å². The van der Waals surface area contributed by atoms with Crippen LogP contribution >= 0.6 is 11.3 Å². The first kappa shape index (κ1) is 18.1. The van der Waals surface area contributed by atoms with E-state index in [4.69, 9.17) is 0 Å². The highest BCUT2D eigenvalue weighted by Crippen LogP contribution is 2.35. The zero-order valence-corrected chi connectivity index (χ0v) is 16.2. The number of benzene rings is 1. The lowest BCUT2D eigenvalue weighted by Crippen LogP contribution is -2.38. The van der Waals surface area contributed by atoms with Gasteiger partial charge < -0.3 is 10.6 Å². The number of hydrogen-bond donors (Lipinski definition) is 2. The number of thiophene rings is 1. The number of aromatic nitrogens is 3. The van der Waals surface area contributed by atoms with E-state index in [-0.39, 0.29) is 17.5 Å². The molecule has 3 rings (SSSR count). The maximum atomic E-state index is 12.5. The van der Waals surface area contributed by atoms with E-state index in [0.29, 0.717) is 5.82 Å². The van der Waals surface area contributed by atoms with Crippen molar-refractivity contribution in [2.75, 3.05) is 5.32 Å². The first-order valence-corrected chi connectivity index (χ1v) is 9.28. The number of hydrogen-bond acceptors (Lipinski definition) is 4. The highest BCUT2D eigenvalue weighted by Gasteiger charge is 2.28. The Morgan fingerprint density at radius 3 is 2.46 bits per heavy atom. The van der Waals surface area contributed by atoms with E-state index < -0.39 is 0 Å². The summed E-state index contributed by atoms with van der Waals surface area (Å²) in [5.74, 6) is 0.661. The predicted molar refractivity (Wildman–Crippen MR) is 105 cm³/mol. The van der Waals surface area contributed by atoms with Gasteiger partial charge in [0.25, 0.3) is 0 Å². The molecule has 0 bridgehead atoms. The van der Waals surface area contributed by atoms with E-state index >= 15 is 0 Å². The Labute approximate surface area is 157 Å². The Kier molecular flexibility index (Phi) is 5.08. The van der Waals surface area contributed by atoms with Gasteiger partial charge in [0.1, 0.15) is 6.33 Å². The average molecular weight is 369 g/mol. The van der Waals surface area contributed by atoms with Crippen LogP contribution in [0.1, 0.15) is 31.7 Å². The Morgan fingerprint density at radius 1 is 1.19 bits per heavy atom. The quantitative estimate of drug-likeness (QED) is 0.713. The minimum atomic E-state index is -0.220. The topological polar surface area (TPSA) is 71.8 Å². The Balaban J connectivity index is 1.67. The zero-order chi connectivity index (χ0) is 18.7. The van der Waals surface area contributed by atoms with Crippen LogP contribution in [-0.4, -0.2) is 20.8 Å². The summed E-state index contributed by atoms with van der Waals surface area (Å²) < 4.78 is 1.66. The largest absolute Gasteiger partial charge is 0.330 e. The number of aryl methyl sites for hydroxylation is 1. The highest BCUT2D eigenvalue weighted by molar-refractivity contribution is 7.10. The van der Waals surface area contributed by atoms with Gasteiger partial charge in [-0.2, -0.15) is 5.10 Å². The number of carbonyl (C=O) groups is 1. The summed E-state index contributed by atoms with van der Waals surface area (Å²) >= 11 is 1.65. The van der Waals surface area contributed by atoms with Crippen LogP contribution in [0, 0.1) is 5.41 Å². The van der Waals surface area contributed by atoms with Gasteiger partial charge in [0.15, 0.2) is 5.82 Å². The molecule has 0 radical (unpaired) electrons. The predicted octanol–water partition coefficient (Wildman–Crippen LogP) is 4.45. The third-order valence-corrected chi connectivity index (χ3v) is 4.91. The van der Waals surface area contributed by atoms with E-state index in [9.17, 15) is 4.79 Å². The third kappa shape index (κ3) is 4.29. The van der Waals surface area contributed by atoms with Crippen molar-refractivity contribution in [1.82, 2.24) is 20.1 Å². The van der Waals surface area contributed by atoms with Crippen molar-refractivity contribution in [3.8, 4) is 11.4 Å². The molecule has 7 heteroatoms. The minimum Gasteiger partial charge on any atom is -0.330 e. The molecule has 0 spiro atoms. The van der Waals surface area contributed by atoms with Crippen molar-refractivity contribution in [1.29, 1.82) is 0 Å². The van der Waals surface area contributed by atoms with E-state index in [2.05, 4.69) is 47.6 Å². The van der Waals surface area contributed by atoms with Gasteiger partial charge in [0.2, 0.25) is 0 Å². The molecule has 6 nitrogen and oxygen atoms in total. The molecular weight excluding hydrogens is 346 g/mol. The molecule has 0 saturated heterocycles. The second kappa shape index (κ2) is 7.29. The van der Waals surface area contributed by atoms with Gasteiger partial charge in [-0.1, -0.05) is 26.8 Å². The van der Waals surface area contributed by atoms with Gasteiger partial charge >= 0.3 is 6.03 Å². The van der Waals surface area contributed by atoms with E-state index in [0.717, 1.165) is 16.1 Å². The zero-order valence-electron chi connectivity index (χ0n) is 15.4. The van der Waals surface area contributed by atoms with E-state index in [1.54, 1.807) is 22.3 Å². The molecule has 1 unspecified atom stereocenters. The van der Waals surface area contributed by atoms with E-state index in [1.807, 2.05) is 42.8 Å². The Bertz CT molecular complexity index is 862. The molecule has 0 aliphatic heterocycles. The third-order valence-electron chi connectivity index (χ3n) is 3.97. The number of anilines is 1. The second-order valence-electron chi connectivity index (χ2n) is 7.23. The number of nitrogens with zero attached hydrogens (tertiary/aromatic N) is 3. The second-order valence-corrected chi connectivity index (χ2v) is 8.21. The highest BCUT2D eigenvalue weighted by atomic mass is 32.1. The monoisotopic (exact) mass is 369 g/mol. The lowest BCUT2D eigenvalue weighted by Gasteiger charge is -2.30. The number of rotatable bonds is 4. The van der Waals surface area contributed by atoms with Crippen molar-refractivity contribution in [3.05, 3.63) is 53.0 Å². The maximum Gasteiger partial charge on any atom is 0.319 e. The number of carbonyl (C=O) groups excluding carboxylic acids is 1. The van der Waals surface area contributed by atoms with Gasteiger partial charge in [-0.25, -0.2) is 9.78 Å². The first-order chi connectivity index (χ1) is 12.3. The van der Waals surface area contributed by atoms with Crippen molar-refractivity contribution >= 4 is 23.1 Å². The fourth-order valence-electron chi connectivity index (χ4n) is 2.64. The first-order valence-electron chi connectivity index (χ1n) is 8.40. The van der Waals surface area contributed by atoms with Crippen molar-refractivity contribution in [2.45, 2.75) is 26.8 Å². The summed E-state index contributed by atoms with van der Waals surface area (Å²) in [6.45, 7) is 6.35. The van der Waals surface area contributed by atoms with Crippen LogP contribution in [0.15, 0.2) is 48.1 Å². The van der Waals surface area contributed by atoms with Gasteiger partial charge in [-0.3, -0.25) is 4.68 Å². The molecule has 26 heavy (non-hydrogen) atoms. The summed E-state index contributed by atoms with van der Waals surface area (Å²) in [4.78, 5) is 17.8. The standard InChI is InChI=1S/C19H23N5OS/c1-19(2,3)16(15-6-5-11-26-15)22-18(25)21-14-9-7-13(8-10-14)17-20-12-24(4)23-17/h5-12,16H,1-4H3,(H2,21,22,25). The van der Waals surface area contributed by atoms with Crippen LogP contribution in [0.25, 0.3) is 11.4 Å². The Morgan fingerprint density at radius 2 is 1.92 bits per heavy atom. The van der Waals surface area contributed by atoms with Gasteiger partial charge in [-0.05, 0) is 41.1 Å². The van der Waals surface area contributed by atoms with Crippen molar-refractivity contribution < 1.29 is 4.79 Å².